The SMILES string of the molecule is CC(=O)Nc1ccn([C@H]2C=C[C@@](C#N)(COC(C)=O)O2)c(=O)n1. The van der Waals surface area contributed by atoms with E-state index >= 15 is 0 Å². The molecule has 2 atom stereocenters. The number of amides is 1. The number of aromatic nitrogens is 2. The van der Waals surface area contributed by atoms with Crippen LogP contribution in [0.15, 0.2) is 29.2 Å². The Balaban J connectivity index is 2.17. The molecule has 0 radical (unpaired) electrons. The maximum absolute atomic E-state index is 12.0. The molecule has 0 spiro atoms. The molecule has 0 fully saturated rings. The Bertz CT molecular complexity index is 763. The molecular weight excluding hydrogens is 304 g/mol. The van der Waals surface area contributed by atoms with Crippen LogP contribution in [0.2, 0.25) is 0 Å². The first-order valence-corrected chi connectivity index (χ1v) is 6.64. The molecule has 1 aliphatic heterocycles. The van der Waals surface area contributed by atoms with Crippen molar-refractivity contribution in [1.82, 2.24) is 9.55 Å². The lowest BCUT2D eigenvalue weighted by Crippen LogP contribution is -2.35. The Hall–Kier alpha value is -2.99. The molecule has 1 aromatic rings. The van der Waals surface area contributed by atoms with Gasteiger partial charge in [0, 0.05) is 20.0 Å². The van der Waals surface area contributed by atoms with Gasteiger partial charge in [-0.15, -0.1) is 0 Å². The topological polar surface area (TPSA) is 123 Å². The van der Waals surface area contributed by atoms with Gasteiger partial charge in [-0.2, -0.15) is 10.2 Å². The van der Waals surface area contributed by atoms with Gasteiger partial charge in [0.2, 0.25) is 11.5 Å². The number of ether oxygens (including phenoxy) is 2. The molecule has 23 heavy (non-hydrogen) atoms. The summed E-state index contributed by atoms with van der Waals surface area (Å²) in [5, 5.41) is 11.6. The first-order chi connectivity index (χ1) is 10.8. The summed E-state index contributed by atoms with van der Waals surface area (Å²) in [6.07, 6.45) is 3.44. The van der Waals surface area contributed by atoms with Crippen LogP contribution < -0.4 is 11.0 Å². The van der Waals surface area contributed by atoms with Gasteiger partial charge in [-0.25, -0.2) is 4.79 Å². The third kappa shape index (κ3) is 3.81. The van der Waals surface area contributed by atoms with Crippen molar-refractivity contribution in [2.75, 3.05) is 11.9 Å². The van der Waals surface area contributed by atoms with E-state index in [1.165, 1.54) is 38.3 Å². The maximum atomic E-state index is 12.0. The van der Waals surface area contributed by atoms with Crippen LogP contribution in [0.25, 0.3) is 0 Å². The number of carbonyl (C=O) groups is 2. The van der Waals surface area contributed by atoms with E-state index in [1.54, 1.807) is 0 Å². The van der Waals surface area contributed by atoms with Crippen molar-refractivity contribution in [2.45, 2.75) is 25.7 Å². The fourth-order valence-electron chi connectivity index (χ4n) is 1.92. The van der Waals surface area contributed by atoms with Crippen LogP contribution in [0.4, 0.5) is 5.82 Å². The Morgan fingerprint density at radius 2 is 2.30 bits per heavy atom. The van der Waals surface area contributed by atoms with Gasteiger partial charge in [-0.05, 0) is 18.2 Å². The van der Waals surface area contributed by atoms with Crippen molar-refractivity contribution >= 4 is 17.7 Å². The normalized spacial score (nSPS) is 22.4. The molecule has 1 aliphatic rings. The molecule has 0 saturated heterocycles. The Morgan fingerprint density at radius 1 is 1.57 bits per heavy atom. The van der Waals surface area contributed by atoms with Crippen molar-refractivity contribution in [1.29, 1.82) is 5.26 Å². The molecule has 1 aromatic heterocycles. The van der Waals surface area contributed by atoms with Crippen LogP contribution in [0.5, 0.6) is 0 Å². The lowest BCUT2D eigenvalue weighted by atomic mass is 10.1. The van der Waals surface area contributed by atoms with E-state index in [0.29, 0.717) is 0 Å². The number of hydrogen-bond acceptors (Lipinski definition) is 7. The largest absolute Gasteiger partial charge is 0.461 e. The van der Waals surface area contributed by atoms with Gasteiger partial charge in [-0.3, -0.25) is 14.2 Å². The van der Waals surface area contributed by atoms with E-state index < -0.39 is 23.5 Å². The van der Waals surface area contributed by atoms with Crippen LogP contribution in [-0.4, -0.2) is 33.6 Å². The number of esters is 1. The molecule has 2 heterocycles. The van der Waals surface area contributed by atoms with Gasteiger partial charge in [0.05, 0.1) is 0 Å². The van der Waals surface area contributed by atoms with Gasteiger partial charge >= 0.3 is 11.7 Å². The van der Waals surface area contributed by atoms with Crippen molar-refractivity contribution in [3.05, 3.63) is 34.9 Å². The second-order valence-electron chi connectivity index (χ2n) is 4.83. The van der Waals surface area contributed by atoms with Gasteiger partial charge in [0.15, 0.2) is 6.23 Å². The average molecular weight is 318 g/mol. The van der Waals surface area contributed by atoms with E-state index in [0.717, 1.165) is 4.57 Å². The fraction of sp³-hybridized carbons (Fsp3) is 0.357. The van der Waals surface area contributed by atoms with Crippen LogP contribution >= 0.6 is 0 Å². The zero-order valence-electron chi connectivity index (χ0n) is 12.5. The highest BCUT2D eigenvalue weighted by molar-refractivity contribution is 5.87. The summed E-state index contributed by atoms with van der Waals surface area (Å²) in [5.41, 5.74) is -2.11. The molecule has 0 aliphatic carbocycles. The molecule has 1 N–H and O–H groups in total. The second kappa shape index (κ2) is 6.41. The number of nitrogens with zero attached hydrogens (tertiary/aromatic N) is 3. The number of carbonyl (C=O) groups excluding carboxylic acids is 2. The Kier molecular flexibility index (Phi) is 4.57. The molecule has 0 aromatic carbocycles. The zero-order valence-corrected chi connectivity index (χ0v) is 12.5. The highest BCUT2D eigenvalue weighted by Crippen LogP contribution is 2.29. The molecule has 0 unspecified atom stereocenters. The summed E-state index contributed by atoms with van der Waals surface area (Å²) < 4.78 is 11.5. The summed E-state index contributed by atoms with van der Waals surface area (Å²) in [4.78, 5) is 37.5. The second-order valence-corrected chi connectivity index (χ2v) is 4.83. The monoisotopic (exact) mass is 318 g/mol. The standard InChI is InChI=1S/C14H14N4O5/c1-9(19)16-11-4-6-18(13(21)17-11)12-3-5-14(7-15,23-12)8-22-10(2)20/h3-6,12H,8H2,1-2H3,(H,16,17,19,21)/t12-,14-/m1/s1. The van der Waals surface area contributed by atoms with E-state index in [4.69, 9.17) is 9.47 Å². The molecule has 0 bridgehead atoms. The van der Waals surface area contributed by atoms with Crippen molar-refractivity contribution in [3.63, 3.8) is 0 Å². The fourth-order valence-corrected chi connectivity index (χ4v) is 1.92. The molecule has 1 amide bonds. The van der Waals surface area contributed by atoms with Gasteiger partial charge in [0.25, 0.3) is 0 Å². The Labute approximate surface area is 131 Å². The minimum Gasteiger partial charge on any atom is -0.461 e. The van der Waals surface area contributed by atoms with E-state index in [2.05, 4.69) is 10.3 Å². The number of hydrogen-bond donors (Lipinski definition) is 1. The van der Waals surface area contributed by atoms with E-state index in [-0.39, 0.29) is 18.3 Å². The summed E-state index contributed by atoms with van der Waals surface area (Å²) in [7, 11) is 0. The molecule has 9 heteroatoms. The number of rotatable bonds is 4. The summed E-state index contributed by atoms with van der Waals surface area (Å²) in [6.45, 7) is 2.24. The minimum absolute atomic E-state index is 0.118. The van der Waals surface area contributed by atoms with Gasteiger partial charge < -0.3 is 14.8 Å². The van der Waals surface area contributed by atoms with E-state index in [9.17, 15) is 19.6 Å². The first-order valence-electron chi connectivity index (χ1n) is 6.64. The minimum atomic E-state index is -1.45. The average Bonchev–Trinajstić information content (AvgIpc) is 2.89. The van der Waals surface area contributed by atoms with Gasteiger partial charge in [0.1, 0.15) is 18.5 Å². The molecule has 0 saturated carbocycles. The first kappa shape index (κ1) is 16.4. The lowest BCUT2D eigenvalue weighted by Gasteiger charge is -2.22. The molecular formula is C14H14N4O5. The number of nitrogens with one attached hydrogen (secondary N) is 1. The predicted octanol–water partition coefficient (Wildman–Crippen LogP) is 0.112. The third-order valence-corrected chi connectivity index (χ3v) is 2.95. The van der Waals surface area contributed by atoms with Gasteiger partial charge in [-0.1, -0.05) is 0 Å². The maximum Gasteiger partial charge on any atom is 0.351 e. The van der Waals surface area contributed by atoms with Crippen molar-refractivity contribution in [2.24, 2.45) is 0 Å². The zero-order chi connectivity index (χ0) is 17.0. The van der Waals surface area contributed by atoms with Crippen LogP contribution in [0.3, 0.4) is 0 Å². The Morgan fingerprint density at radius 3 is 2.87 bits per heavy atom. The third-order valence-electron chi connectivity index (χ3n) is 2.95. The lowest BCUT2D eigenvalue weighted by molar-refractivity contribution is -0.148. The molecule has 9 nitrogen and oxygen atoms in total. The van der Waals surface area contributed by atoms with Crippen molar-refractivity contribution < 1.29 is 19.1 Å². The molecule has 2 rings (SSSR count). The highest BCUT2D eigenvalue weighted by Gasteiger charge is 2.38. The summed E-state index contributed by atoms with van der Waals surface area (Å²) in [6, 6.07) is 3.34. The highest BCUT2D eigenvalue weighted by atomic mass is 16.6. The van der Waals surface area contributed by atoms with E-state index in [1.807, 2.05) is 6.07 Å². The van der Waals surface area contributed by atoms with Crippen molar-refractivity contribution in [3.8, 4) is 6.07 Å². The summed E-state index contributed by atoms with van der Waals surface area (Å²) in [5.74, 6) is -0.776. The quantitative estimate of drug-likeness (QED) is 0.617. The number of anilines is 1. The van der Waals surface area contributed by atoms with Crippen LogP contribution in [-0.2, 0) is 19.1 Å². The van der Waals surface area contributed by atoms with Crippen LogP contribution in [0, 0.1) is 11.3 Å². The number of nitriles is 1. The molecule has 120 valence electrons. The summed E-state index contributed by atoms with van der Waals surface area (Å²) >= 11 is 0. The van der Waals surface area contributed by atoms with Crippen LogP contribution in [0.1, 0.15) is 20.1 Å². The smallest absolute Gasteiger partial charge is 0.351 e. The predicted molar refractivity (Wildman–Crippen MR) is 77.0 cm³/mol.